The molecule has 1 atom stereocenters. The van der Waals surface area contributed by atoms with Crippen LogP contribution < -0.4 is 5.32 Å². The zero-order chi connectivity index (χ0) is 15.8. The third-order valence-electron chi connectivity index (χ3n) is 3.76. The fraction of sp³-hybridized carbons (Fsp3) is 0.562. The molecule has 0 aromatic heterocycles. The average molecular weight is 308 g/mol. The van der Waals surface area contributed by atoms with Gasteiger partial charge in [0.25, 0.3) is 5.91 Å². The van der Waals surface area contributed by atoms with Gasteiger partial charge in [-0.15, -0.1) is 0 Å². The lowest BCUT2D eigenvalue weighted by atomic mass is 10.1. The molecule has 2 rings (SSSR count). The Kier molecular flexibility index (Phi) is 6.79. The largest absolute Gasteiger partial charge is 0.392 e. The van der Waals surface area contributed by atoms with E-state index in [1.54, 1.807) is 24.3 Å². The fourth-order valence-corrected chi connectivity index (χ4v) is 2.38. The Morgan fingerprint density at radius 2 is 1.95 bits per heavy atom. The molecule has 1 aliphatic heterocycles. The highest BCUT2D eigenvalue weighted by molar-refractivity contribution is 5.93. The van der Waals surface area contributed by atoms with Crippen LogP contribution in [-0.4, -0.2) is 60.0 Å². The molecule has 1 heterocycles. The standard InChI is InChI=1S/C16H24N2O4/c19-12-13-3-5-14(6-4-13)17-16(21)15(20)2-1-7-18-8-10-22-11-9-18/h3-6,15,19-20H,1-2,7-12H2,(H,17,21)/t15-/m0/s1. The van der Waals surface area contributed by atoms with Gasteiger partial charge in [-0.3, -0.25) is 9.69 Å². The number of morpholine rings is 1. The second-order valence-corrected chi connectivity index (χ2v) is 5.46. The van der Waals surface area contributed by atoms with Crippen molar-refractivity contribution < 1.29 is 19.7 Å². The van der Waals surface area contributed by atoms with Gasteiger partial charge in [-0.25, -0.2) is 0 Å². The molecule has 22 heavy (non-hydrogen) atoms. The van der Waals surface area contributed by atoms with Crippen LogP contribution >= 0.6 is 0 Å². The number of ether oxygens (including phenoxy) is 1. The zero-order valence-electron chi connectivity index (χ0n) is 12.7. The highest BCUT2D eigenvalue weighted by atomic mass is 16.5. The van der Waals surface area contributed by atoms with Gasteiger partial charge in [0.1, 0.15) is 6.10 Å². The van der Waals surface area contributed by atoms with E-state index in [0.29, 0.717) is 12.1 Å². The van der Waals surface area contributed by atoms with Gasteiger partial charge in [-0.05, 0) is 37.1 Å². The van der Waals surface area contributed by atoms with Crippen LogP contribution in [0.5, 0.6) is 0 Å². The number of benzene rings is 1. The number of anilines is 1. The van der Waals surface area contributed by atoms with E-state index in [0.717, 1.165) is 44.8 Å². The predicted octanol–water partition coefficient (Wildman–Crippen LogP) is 0.591. The summed E-state index contributed by atoms with van der Waals surface area (Å²) in [6.07, 6.45) is 0.217. The van der Waals surface area contributed by atoms with Crippen molar-refractivity contribution in [1.82, 2.24) is 4.90 Å². The molecule has 0 saturated carbocycles. The SMILES string of the molecule is O=C(Nc1ccc(CO)cc1)[C@@H](O)CCCN1CCOCC1. The third kappa shape index (κ3) is 5.38. The summed E-state index contributed by atoms with van der Waals surface area (Å²) in [4.78, 5) is 14.2. The smallest absolute Gasteiger partial charge is 0.253 e. The molecule has 0 radical (unpaired) electrons. The molecule has 6 nitrogen and oxygen atoms in total. The van der Waals surface area contributed by atoms with E-state index in [-0.39, 0.29) is 6.61 Å². The summed E-state index contributed by atoms with van der Waals surface area (Å²) >= 11 is 0. The summed E-state index contributed by atoms with van der Waals surface area (Å²) in [6.45, 7) is 4.19. The first-order valence-corrected chi connectivity index (χ1v) is 7.68. The van der Waals surface area contributed by atoms with E-state index in [1.807, 2.05) is 0 Å². The van der Waals surface area contributed by atoms with E-state index in [2.05, 4.69) is 10.2 Å². The maximum atomic E-state index is 11.9. The van der Waals surface area contributed by atoms with Gasteiger partial charge in [0, 0.05) is 18.8 Å². The quantitative estimate of drug-likeness (QED) is 0.687. The van der Waals surface area contributed by atoms with Crippen LogP contribution in [0.15, 0.2) is 24.3 Å². The Labute approximate surface area is 130 Å². The molecule has 122 valence electrons. The van der Waals surface area contributed by atoms with Crippen molar-refractivity contribution in [3.63, 3.8) is 0 Å². The molecule has 6 heteroatoms. The number of carbonyl (C=O) groups excluding carboxylic acids is 1. The Hall–Kier alpha value is -1.47. The van der Waals surface area contributed by atoms with Gasteiger partial charge in [0.15, 0.2) is 0 Å². The molecule has 0 bridgehead atoms. The van der Waals surface area contributed by atoms with Crippen LogP contribution in [0.3, 0.4) is 0 Å². The number of amides is 1. The molecule has 0 spiro atoms. The first kappa shape index (κ1) is 16.9. The Morgan fingerprint density at radius 3 is 2.59 bits per heavy atom. The first-order chi connectivity index (χ1) is 10.7. The van der Waals surface area contributed by atoms with Crippen molar-refractivity contribution in [1.29, 1.82) is 0 Å². The normalized spacial score (nSPS) is 17.2. The van der Waals surface area contributed by atoms with Gasteiger partial charge in [0.2, 0.25) is 0 Å². The Balaban J connectivity index is 1.69. The molecule has 1 aromatic rings. The summed E-state index contributed by atoms with van der Waals surface area (Å²) in [5, 5.41) is 21.6. The van der Waals surface area contributed by atoms with E-state index >= 15 is 0 Å². The summed E-state index contributed by atoms with van der Waals surface area (Å²) < 4.78 is 5.28. The lowest BCUT2D eigenvalue weighted by molar-refractivity contribution is -0.124. The Morgan fingerprint density at radius 1 is 1.27 bits per heavy atom. The number of aliphatic hydroxyl groups is 2. The zero-order valence-corrected chi connectivity index (χ0v) is 12.7. The minimum absolute atomic E-state index is 0.0294. The van der Waals surface area contributed by atoms with Crippen LogP contribution in [0.2, 0.25) is 0 Å². The van der Waals surface area contributed by atoms with Gasteiger partial charge in [-0.1, -0.05) is 12.1 Å². The van der Waals surface area contributed by atoms with Crippen LogP contribution in [-0.2, 0) is 16.1 Å². The number of hydrogen-bond acceptors (Lipinski definition) is 5. The predicted molar refractivity (Wildman–Crippen MR) is 83.5 cm³/mol. The summed E-state index contributed by atoms with van der Waals surface area (Å²) in [5.74, 6) is -0.390. The molecule has 1 aliphatic rings. The summed E-state index contributed by atoms with van der Waals surface area (Å²) in [5.41, 5.74) is 1.40. The minimum atomic E-state index is -1.00. The number of hydrogen-bond donors (Lipinski definition) is 3. The molecule has 0 aliphatic carbocycles. The van der Waals surface area contributed by atoms with Crippen molar-refractivity contribution in [2.45, 2.75) is 25.6 Å². The van der Waals surface area contributed by atoms with Gasteiger partial charge < -0.3 is 20.3 Å². The maximum Gasteiger partial charge on any atom is 0.253 e. The summed E-state index contributed by atoms with van der Waals surface area (Å²) in [6, 6.07) is 6.90. The minimum Gasteiger partial charge on any atom is -0.392 e. The molecule has 1 amide bonds. The van der Waals surface area contributed by atoms with E-state index in [9.17, 15) is 9.90 Å². The first-order valence-electron chi connectivity index (χ1n) is 7.68. The molecular formula is C16H24N2O4. The van der Waals surface area contributed by atoms with Crippen molar-refractivity contribution in [2.75, 3.05) is 38.2 Å². The highest BCUT2D eigenvalue weighted by Gasteiger charge is 2.16. The highest BCUT2D eigenvalue weighted by Crippen LogP contribution is 2.11. The monoisotopic (exact) mass is 308 g/mol. The number of carbonyl (C=O) groups is 1. The van der Waals surface area contributed by atoms with Gasteiger partial charge in [0.05, 0.1) is 19.8 Å². The molecule has 3 N–H and O–H groups in total. The molecule has 0 unspecified atom stereocenters. The third-order valence-corrected chi connectivity index (χ3v) is 3.76. The summed E-state index contributed by atoms with van der Waals surface area (Å²) in [7, 11) is 0. The maximum absolute atomic E-state index is 11.9. The van der Waals surface area contributed by atoms with Crippen LogP contribution in [0.25, 0.3) is 0 Å². The number of nitrogens with one attached hydrogen (secondary N) is 1. The van der Waals surface area contributed by atoms with E-state index in [4.69, 9.17) is 9.84 Å². The van der Waals surface area contributed by atoms with Crippen LogP contribution in [0.1, 0.15) is 18.4 Å². The molecule has 1 aromatic carbocycles. The molecule has 1 fully saturated rings. The van der Waals surface area contributed by atoms with Crippen molar-refractivity contribution in [3.05, 3.63) is 29.8 Å². The average Bonchev–Trinajstić information content (AvgIpc) is 2.56. The molecule has 1 saturated heterocycles. The number of aliphatic hydroxyl groups excluding tert-OH is 2. The lowest BCUT2D eigenvalue weighted by Crippen LogP contribution is -2.37. The fourth-order valence-electron chi connectivity index (χ4n) is 2.38. The van der Waals surface area contributed by atoms with Gasteiger partial charge in [-0.2, -0.15) is 0 Å². The van der Waals surface area contributed by atoms with Gasteiger partial charge >= 0.3 is 0 Å². The molecular weight excluding hydrogens is 284 g/mol. The van der Waals surface area contributed by atoms with Crippen molar-refractivity contribution >= 4 is 11.6 Å². The second-order valence-electron chi connectivity index (χ2n) is 5.46. The lowest BCUT2D eigenvalue weighted by Gasteiger charge is -2.26. The number of rotatable bonds is 7. The van der Waals surface area contributed by atoms with E-state index in [1.165, 1.54) is 0 Å². The number of nitrogens with zero attached hydrogens (tertiary/aromatic N) is 1. The van der Waals surface area contributed by atoms with Crippen molar-refractivity contribution in [3.8, 4) is 0 Å². The van der Waals surface area contributed by atoms with Crippen LogP contribution in [0.4, 0.5) is 5.69 Å². The van der Waals surface area contributed by atoms with E-state index < -0.39 is 12.0 Å². The van der Waals surface area contributed by atoms with Crippen LogP contribution in [0, 0.1) is 0 Å². The topological polar surface area (TPSA) is 82.0 Å². The second kappa shape index (κ2) is 8.85. The Bertz CT molecular complexity index is 458. The van der Waals surface area contributed by atoms with Crippen molar-refractivity contribution in [2.24, 2.45) is 0 Å².